The van der Waals surface area contributed by atoms with E-state index in [-0.39, 0.29) is 6.10 Å². The van der Waals surface area contributed by atoms with E-state index in [4.69, 9.17) is 0 Å². The van der Waals surface area contributed by atoms with Crippen LogP contribution in [0.2, 0.25) is 0 Å². The standard InChI is InChI=1S/C16H27BrN2O/c1-10-15(17)13(19(5)18-10)9-11-8-12(16(2,3)4)6-7-14(11)20/h11-12,14,20H,6-9H2,1-5H3. The fraction of sp³-hybridized carbons (Fsp3) is 0.812. The summed E-state index contributed by atoms with van der Waals surface area (Å²) in [7, 11) is 1.99. The number of halogens is 1. The Balaban J connectivity index is 2.14. The van der Waals surface area contributed by atoms with Crippen molar-refractivity contribution in [1.82, 2.24) is 9.78 Å². The fourth-order valence-electron chi connectivity index (χ4n) is 3.40. The molecule has 0 radical (unpaired) electrons. The molecule has 1 aliphatic carbocycles. The van der Waals surface area contributed by atoms with Crippen LogP contribution in [-0.4, -0.2) is 21.0 Å². The smallest absolute Gasteiger partial charge is 0.0738 e. The van der Waals surface area contributed by atoms with Gasteiger partial charge in [0, 0.05) is 7.05 Å². The van der Waals surface area contributed by atoms with Crippen LogP contribution in [0.25, 0.3) is 0 Å². The molecule has 3 unspecified atom stereocenters. The average molecular weight is 343 g/mol. The van der Waals surface area contributed by atoms with Crippen molar-refractivity contribution in [1.29, 1.82) is 0 Å². The van der Waals surface area contributed by atoms with Crippen LogP contribution in [0.3, 0.4) is 0 Å². The van der Waals surface area contributed by atoms with Crippen LogP contribution in [0.15, 0.2) is 4.47 Å². The van der Waals surface area contributed by atoms with Crippen LogP contribution in [0, 0.1) is 24.2 Å². The highest BCUT2D eigenvalue weighted by Gasteiger charge is 2.35. The van der Waals surface area contributed by atoms with E-state index >= 15 is 0 Å². The van der Waals surface area contributed by atoms with Crippen molar-refractivity contribution < 1.29 is 5.11 Å². The van der Waals surface area contributed by atoms with E-state index in [9.17, 15) is 5.11 Å². The molecule has 3 atom stereocenters. The molecule has 0 amide bonds. The monoisotopic (exact) mass is 342 g/mol. The van der Waals surface area contributed by atoms with Gasteiger partial charge in [-0.25, -0.2) is 0 Å². The summed E-state index contributed by atoms with van der Waals surface area (Å²) < 4.78 is 3.05. The zero-order chi connectivity index (χ0) is 15.1. The number of aliphatic hydroxyl groups is 1. The molecule has 1 aliphatic rings. The van der Waals surface area contributed by atoms with E-state index in [1.54, 1.807) is 0 Å². The van der Waals surface area contributed by atoms with Gasteiger partial charge in [0.2, 0.25) is 0 Å². The SMILES string of the molecule is Cc1nn(C)c(CC2CC(C(C)(C)C)CCC2O)c1Br. The number of aryl methyl sites for hydroxylation is 2. The molecular formula is C16H27BrN2O. The molecule has 0 aliphatic heterocycles. The van der Waals surface area contributed by atoms with Crippen molar-refractivity contribution in [2.75, 3.05) is 0 Å². The molecule has 0 spiro atoms. The molecule has 1 saturated carbocycles. The quantitative estimate of drug-likeness (QED) is 0.886. The van der Waals surface area contributed by atoms with E-state index in [1.165, 1.54) is 5.69 Å². The van der Waals surface area contributed by atoms with Crippen LogP contribution in [0.5, 0.6) is 0 Å². The van der Waals surface area contributed by atoms with Gasteiger partial charge >= 0.3 is 0 Å². The summed E-state index contributed by atoms with van der Waals surface area (Å²) in [5.74, 6) is 1.04. The van der Waals surface area contributed by atoms with Gasteiger partial charge in [-0.2, -0.15) is 5.10 Å². The van der Waals surface area contributed by atoms with Crippen LogP contribution < -0.4 is 0 Å². The second-order valence-electron chi connectivity index (χ2n) is 7.38. The maximum atomic E-state index is 10.4. The Labute approximate surface area is 130 Å². The molecule has 3 nitrogen and oxygen atoms in total. The first kappa shape index (κ1) is 16.0. The first-order chi connectivity index (χ1) is 9.20. The van der Waals surface area contributed by atoms with Gasteiger partial charge in [-0.1, -0.05) is 20.8 Å². The second-order valence-corrected chi connectivity index (χ2v) is 8.17. The predicted molar refractivity (Wildman–Crippen MR) is 85.6 cm³/mol. The third kappa shape index (κ3) is 3.28. The molecule has 114 valence electrons. The minimum absolute atomic E-state index is 0.171. The molecule has 1 fully saturated rings. The van der Waals surface area contributed by atoms with Gasteiger partial charge in [-0.15, -0.1) is 0 Å². The molecular weight excluding hydrogens is 316 g/mol. The Bertz CT molecular complexity index is 476. The first-order valence-electron chi connectivity index (χ1n) is 7.56. The van der Waals surface area contributed by atoms with E-state index in [0.29, 0.717) is 17.3 Å². The summed E-state index contributed by atoms with van der Waals surface area (Å²) in [4.78, 5) is 0. The number of nitrogens with zero attached hydrogens (tertiary/aromatic N) is 2. The van der Waals surface area contributed by atoms with Gasteiger partial charge in [-0.05, 0) is 65.8 Å². The maximum Gasteiger partial charge on any atom is 0.0738 e. The van der Waals surface area contributed by atoms with E-state index < -0.39 is 0 Å². The third-order valence-electron chi connectivity index (χ3n) is 4.88. The van der Waals surface area contributed by atoms with Gasteiger partial charge in [-0.3, -0.25) is 4.68 Å². The molecule has 0 aromatic carbocycles. The van der Waals surface area contributed by atoms with Gasteiger partial charge in [0.05, 0.1) is 22.0 Å². The summed E-state index contributed by atoms with van der Waals surface area (Å²) >= 11 is 3.64. The average Bonchev–Trinajstić information content (AvgIpc) is 2.57. The zero-order valence-corrected chi connectivity index (χ0v) is 14.9. The Kier molecular flexibility index (Phi) is 4.65. The highest BCUT2D eigenvalue weighted by Crippen LogP contribution is 2.41. The summed E-state index contributed by atoms with van der Waals surface area (Å²) in [6.07, 6.45) is 3.93. The van der Waals surface area contributed by atoms with Gasteiger partial charge in [0.15, 0.2) is 0 Å². The van der Waals surface area contributed by atoms with Crippen molar-refractivity contribution in [2.45, 2.75) is 59.5 Å². The summed E-state index contributed by atoms with van der Waals surface area (Å²) in [5.41, 5.74) is 2.57. The lowest BCUT2D eigenvalue weighted by Gasteiger charge is -2.40. The van der Waals surface area contributed by atoms with Crippen molar-refractivity contribution in [3.8, 4) is 0 Å². The number of aliphatic hydroxyl groups excluding tert-OH is 1. The molecule has 1 heterocycles. The summed E-state index contributed by atoms with van der Waals surface area (Å²) in [6, 6.07) is 0. The number of hydrogen-bond donors (Lipinski definition) is 1. The number of aromatic nitrogens is 2. The second kappa shape index (κ2) is 5.80. The summed E-state index contributed by atoms with van der Waals surface area (Å²) in [5, 5.41) is 14.8. The number of hydrogen-bond acceptors (Lipinski definition) is 2. The zero-order valence-electron chi connectivity index (χ0n) is 13.3. The Morgan fingerprint density at radius 2 is 2.00 bits per heavy atom. The van der Waals surface area contributed by atoms with Crippen molar-refractivity contribution in [3.05, 3.63) is 15.9 Å². The van der Waals surface area contributed by atoms with E-state index in [2.05, 4.69) is 41.8 Å². The van der Waals surface area contributed by atoms with Gasteiger partial charge < -0.3 is 5.11 Å². The third-order valence-corrected chi connectivity index (χ3v) is 5.92. The first-order valence-corrected chi connectivity index (χ1v) is 8.35. The molecule has 20 heavy (non-hydrogen) atoms. The molecule has 4 heteroatoms. The highest BCUT2D eigenvalue weighted by molar-refractivity contribution is 9.10. The van der Waals surface area contributed by atoms with E-state index in [0.717, 1.165) is 35.8 Å². The molecule has 2 rings (SSSR count). The van der Waals surface area contributed by atoms with Crippen LogP contribution in [-0.2, 0) is 13.5 Å². The van der Waals surface area contributed by atoms with Crippen LogP contribution in [0.1, 0.15) is 51.4 Å². The van der Waals surface area contributed by atoms with Gasteiger partial charge in [0.25, 0.3) is 0 Å². The summed E-state index contributed by atoms with van der Waals surface area (Å²) in [6.45, 7) is 8.96. The van der Waals surface area contributed by atoms with E-state index in [1.807, 2.05) is 18.7 Å². The Hall–Kier alpha value is -0.350. The molecule has 1 aromatic heterocycles. The molecule has 0 saturated heterocycles. The van der Waals surface area contributed by atoms with Crippen LogP contribution in [0.4, 0.5) is 0 Å². The minimum atomic E-state index is -0.171. The fourth-order valence-corrected chi connectivity index (χ4v) is 3.90. The van der Waals surface area contributed by atoms with Crippen molar-refractivity contribution in [2.24, 2.45) is 24.3 Å². The Morgan fingerprint density at radius 1 is 1.35 bits per heavy atom. The van der Waals surface area contributed by atoms with Gasteiger partial charge in [0.1, 0.15) is 0 Å². The lowest BCUT2D eigenvalue weighted by molar-refractivity contribution is 0.0188. The van der Waals surface area contributed by atoms with Crippen molar-refractivity contribution >= 4 is 15.9 Å². The van der Waals surface area contributed by atoms with Crippen molar-refractivity contribution in [3.63, 3.8) is 0 Å². The van der Waals surface area contributed by atoms with Crippen LogP contribution >= 0.6 is 15.9 Å². The molecule has 0 bridgehead atoms. The largest absolute Gasteiger partial charge is 0.393 e. The molecule has 1 aromatic rings. The Morgan fingerprint density at radius 3 is 2.50 bits per heavy atom. The molecule has 1 N–H and O–H groups in total. The normalized spacial score (nSPS) is 27.9. The maximum absolute atomic E-state index is 10.4. The lowest BCUT2D eigenvalue weighted by Crippen LogP contribution is -2.36. The minimum Gasteiger partial charge on any atom is -0.393 e. The topological polar surface area (TPSA) is 38.0 Å². The lowest BCUT2D eigenvalue weighted by atomic mass is 9.67. The predicted octanol–water partition coefficient (Wildman–Crippen LogP) is 3.86. The highest BCUT2D eigenvalue weighted by atomic mass is 79.9. The number of rotatable bonds is 2.